The summed E-state index contributed by atoms with van der Waals surface area (Å²) in [5, 5.41) is 7.25. The zero-order chi connectivity index (χ0) is 21.7. The second kappa shape index (κ2) is 9.81. The summed E-state index contributed by atoms with van der Waals surface area (Å²) in [4.78, 5) is 14.7. The Morgan fingerprint density at radius 1 is 1.07 bits per heavy atom. The number of benzene rings is 2. The first-order valence-electron chi connectivity index (χ1n) is 8.64. The Bertz CT molecular complexity index is 1060. The summed E-state index contributed by atoms with van der Waals surface area (Å²) in [6, 6.07) is 9.64. The van der Waals surface area contributed by atoms with Crippen LogP contribution < -0.4 is 20.4 Å². The zero-order valence-corrected chi connectivity index (χ0v) is 19.5. The van der Waals surface area contributed by atoms with Crippen molar-refractivity contribution in [1.29, 1.82) is 0 Å². The molecule has 2 aromatic carbocycles. The molecule has 156 valence electrons. The largest absolute Gasteiger partial charge is 0.495 e. The van der Waals surface area contributed by atoms with Gasteiger partial charge in [0.05, 0.1) is 17.8 Å². The maximum absolute atomic E-state index is 13.1. The zero-order valence-electron chi connectivity index (χ0n) is 16.3. The average molecular weight is 539 g/mol. The van der Waals surface area contributed by atoms with Crippen LogP contribution in [-0.4, -0.2) is 42.4 Å². The van der Waals surface area contributed by atoms with E-state index < -0.39 is 0 Å². The molecule has 30 heavy (non-hydrogen) atoms. The van der Waals surface area contributed by atoms with E-state index in [1.165, 1.54) is 12.1 Å². The fourth-order valence-corrected chi connectivity index (χ4v) is 3.80. The Kier molecular flexibility index (Phi) is 7.16. The molecule has 8 nitrogen and oxygen atoms in total. The Hall–Kier alpha value is -2.79. The highest BCUT2D eigenvalue weighted by molar-refractivity contribution is 9.11. The van der Waals surface area contributed by atoms with Crippen molar-refractivity contribution in [3.63, 3.8) is 0 Å². The molecule has 0 spiro atoms. The van der Waals surface area contributed by atoms with E-state index in [-0.39, 0.29) is 11.8 Å². The third kappa shape index (κ3) is 5.63. The Balaban J connectivity index is 1.84. The predicted octanol–water partition coefficient (Wildman–Crippen LogP) is 4.80. The first-order valence-corrected chi connectivity index (χ1v) is 10.2. The van der Waals surface area contributed by atoms with Gasteiger partial charge in [-0.1, -0.05) is 15.9 Å². The van der Waals surface area contributed by atoms with E-state index in [9.17, 15) is 4.39 Å². The molecule has 1 heterocycles. The van der Waals surface area contributed by atoms with Gasteiger partial charge in [0, 0.05) is 29.8 Å². The third-order valence-corrected chi connectivity index (χ3v) is 4.78. The molecule has 3 aromatic rings. The van der Waals surface area contributed by atoms with Gasteiger partial charge in [0.15, 0.2) is 0 Å². The summed E-state index contributed by atoms with van der Waals surface area (Å²) in [5.74, 6) is 1.28. The number of aromatic nitrogens is 3. The number of anilines is 4. The highest BCUT2D eigenvalue weighted by Gasteiger charge is 2.10. The smallest absolute Gasteiger partial charge is 0.250 e. The minimum atomic E-state index is -0.323. The summed E-state index contributed by atoms with van der Waals surface area (Å²) in [5.41, 5.74) is 4.20. The van der Waals surface area contributed by atoms with Gasteiger partial charge in [0.1, 0.15) is 11.6 Å². The van der Waals surface area contributed by atoms with Crippen molar-refractivity contribution >= 4 is 61.6 Å². The van der Waals surface area contributed by atoms with Crippen molar-refractivity contribution in [2.24, 2.45) is 5.10 Å². The lowest BCUT2D eigenvalue weighted by molar-refractivity contribution is 0.411. The van der Waals surface area contributed by atoms with Crippen LogP contribution in [0, 0.1) is 5.82 Å². The molecule has 0 atom stereocenters. The van der Waals surface area contributed by atoms with Crippen molar-refractivity contribution in [3.05, 3.63) is 56.7 Å². The van der Waals surface area contributed by atoms with Crippen LogP contribution in [0.2, 0.25) is 0 Å². The number of rotatable bonds is 7. The second-order valence-electron chi connectivity index (χ2n) is 6.19. The molecular weight excluding hydrogens is 521 g/mol. The maximum atomic E-state index is 13.1. The van der Waals surface area contributed by atoms with Crippen LogP contribution in [0.15, 0.2) is 50.4 Å². The molecule has 0 saturated heterocycles. The number of methoxy groups -OCH3 is 1. The van der Waals surface area contributed by atoms with E-state index in [1.807, 2.05) is 26.2 Å². The number of halogens is 3. The molecule has 0 aliphatic rings. The number of nitrogens with zero attached hydrogens (tertiary/aromatic N) is 5. The molecule has 0 bridgehead atoms. The molecule has 0 amide bonds. The lowest BCUT2D eigenvalue weighted by Gasteiger charge is -2.13. The summed E-state index contributed by atoms with van der Waals surface area (Å²) in [6.07, 6.45) is 1.60. The van der Waals surface area contributed by atoms with E-state index >= 15 is 0 Å². The van der Waals surface area contributed by atoms with Gasteiger partial charge in [-0.2, -0.15) is 20.1 Å². The molecule has 0 aliphatic carbocycles. The Labute approximate surface area is 189 Å². The number of hydrogen-bond donors (Lipinski definition) is 2. The number of hydrogen-bond acceptors (Lipinski definition) is 8. The Morgan fingerprint density at radius 2 is 1.77 bits per heavy atom. The summed E-state index contributed by atoms with van der Waals surface area (Å²) < 4.78 is 20.2. The van der Waals surface area contributed by atoms with Crippen LogP contribution in [0.3, 0.4) is 0 Å². The highest BCUT2D eigenvalue weighted by atomic mass is 79.9. The van der Waals surface area contributed by atoms with E-state index in [0.717, 1.165) is 14.5 Å². The van der Waals surface area contributed by atoms with Crippen molar-refractivity contribution in [2.75, 3.05) is 36.8 Å². The molecule has 0 saturated carbocycles. The SMILES string of the molecule is COc1c(Br)cc(Br)cc1/C=N\Nc1nc(Nc2ccc(F)cc2)nc(N(C)C)n1. The molecule has 3 rings (SSSR count). The predicted molar refractivity (Wildman–Crippen MR) is 123 cm³/mol. The monoisotopic (exact) mass is 537 g/mol. The van der Waals surface area contributed by atoms with Gasteiger partial charge in [-0.3, -0.25) is 0 Å². The fraction of sp³-hybridized carbons (Fsp3) is 0.158. The van der Waals surface area contributed by atoms with E-state index in [2.05, 4.69) is 62.7 Å². The first kappa shape index (κ1) is 21.9. The van der Waals surface area contributed by atoms with Gasteiger partial charge in [0.2, 0.25) is 17.8 Å². The molecule has 0 unspecified atom stereocenters. The molecule has 11 heteroatoms. The lowest BCUT2D eigenvalue weighted by Crippen LogP contribution is -2.15. The minimum Gasteiger partial charge on any atom is -0.495 e. The first-order chi connectivity index (χ1) is 14.4. The highest BCUT2D eigenvalue weighted by Crippen LogP contribution is 2.31. The van der Waals surface area contributed by atoms with Gasteiger partial charge in [-0.25, -0.2) is 9.82 Å². The number of ether oxygens (including phenoxy) is 1. The number of hydrazone groups is 1. The van der Waals surface area contributed by atoms with Gasteiger partial charge >= 0.3 is 0 Å². The van der Waals surface area contributed by atoms with Gasteiger partial charge in [-0.15, -0.1) is 0 Å². The van der Waals surface area contributed by atoms with Crippen LogP contribution in [0.25, 0.3) is 0 Å². The van der Waals surface area contributed by atoms with Gasteiger partial charge in [0.25, 0.3) is 0 Å². The molecule has 0 radical (unpaired) electrons. The quantitative estimate of drug-likeness (QED) is 0.330. The van der Waals surface area contributed by atoms with Crippen LogP contribution in [0.5, 0.6) is 5.75 Å². The second-order valence-corrected chi connectivity index (χ2v) is 7.96. The summed E-state index contributed by atoms with van der Waals surface area (Å²) >= 11 is 6.90. The van der Waals surface area contributed by atoms with Crippen molar-refractivity contribution in [2.45, 2.75) is 0 Å². The van der Waals surface area contributed by atoms with Crippen LogP contribution in [-0.2, 0) is 0 Å². The van der Waals surface area contributed by atoms with Crippen molar-refractivity contribution in [1.82, 2.24) is 15.0 Å². The lowest BCUT2D eigenvalue weighted by atomic mass is 10.2. The van der Waals surface area contributed by atoms with Crippen LogP contribution >= 0.6 is 31.9 Å². The van der Waals surface area contributed by atoms with Crippen molar-refractivity contribution in [3.8, 4) is 5.75 Å². The normalized spacial score (nSPS) is 10.9. The van der Waals surface area contributed by atoms with Gasteiger partial charge < -0.3 is 15.0 Å². The van der Waals surface area contributed by atoms with Crippen molar-refractivity contribution < 1.29 is 9.13 Å². The number of nitrogens with one attached hydrogen (secondary N) is 2. The van der Waals surface area contributed by atoms with Crippen LogP contribution in [0.1, 0.15) is 5.56 Å². The molecule has 0 aliphatic heterocycles. The maximum Gasteiger partial charge on any atom is 0.250 e. The van der Waals surface area contributed by atoms with E-state index in [4.69, 9.17) is 4.74 Å². The Morgan fingerprint density at radius 3 is 2.43 bits per heavy atom. The average Bonchev–Trinajstić information content (AvgIpc) is 2.69. The minimum absolute atomic E-state index is 0.239. The summed E-state index contributed by atoms with van der Waals surface area (Å²) in [7, 11) is 5.21. The van der Waals surface area contributed by atoms with Crippen LogP contribution in [0.4, 0.5) is 27.9 Å². The summed E-state index contributed by atoms with van der Waals surface area (Å²) in [6.45, 7) is 0. The molecular formula is C19H18Br2FN7O. The van der Waals surface area contributed by atoms with Gasteiger partial charge in [-0.05, 0) is 52.3 Å². The molecule has 0 fully saturated rings. The molecule has 1 aromatic heterocycles. The fourth-order valence-electron chi connectivity index (χ4n) is 2.38. The van der Waals surface area contributed by atoms with E-state index in [1.54, 1.807) is 30.4 Å². The standard InChI is InChI=1S/C19H18Br2FN7O/c1-29(2)19-26-17(24-14-6-4-13(22)5-7-14)25-18(27-19)28-23-10-11-8-12(20)9-15(21)16(11)30-3/h4-10H,1-3H3,(H2,24,25,26,27,28)/b23-10-. The third-order valence-electron chi connectivity index (χ3n) is 3.73. The van der Waals surface area contributed by atoms with E-state index in [0.29, 0.717) is 23.3 Å². The topological polar surface area (TPSA) is 87.6 Å². The molecule has 2 N–H and O–H groups in total.